The van der Waals surface area contributed by atoms with Gasteiger partial charge in [-0.05, 0) is 69.7 Å². The van der Waals surface area contributed by atoms with Gasteiger partial charge in [0, 0.05) is 17.3 Å². The van der Waals surface area contributed by atoms with Crippen molar-refractivity contribution in [3.05, 3.63) is 53.6 Å². The predicted molar refractivity (Wildman–Crippen MR) is 102 cm³/mol. The molecule has 0 saturated heterocycles. The summed E-state index contributed by atoms with van der Waals surface area (Å²) >= 11 is 0. The number of benzene rings is 2. The van der Waals surface area contributed by atoms with Crippen LogP contribution in [0.5, 0.6) is 5.75 Å². The lowest BCUT2D eigenvalue weighted by Gasteiger charge is -2.13. The summed E-state index contributed by atoms with van der Waals surface area (Å²) in [5.41, 5.74) is 1.47. The second-order valence-electron chi connectivity index (χ2n) is 6.17. The van der Waals surface area contributed by atoms with Gasteiger partial charge in [-0.25, -0.2) is 8.42 Å². The molecular weight excluding hydrogens is 352 g/mol. The lowest BCUT2D eigenvalue weighted by molar-refractivity contribution is 0.0942. The number of sulfonamides is 1. The first kappa shape index (κ1) is 19.8. The molecule has 7 heteroatoms. The Morgan fingerprint density at radius 1 is 1.12 bits per heavy atom. The maximum atomic E-state index is 12.6. The minimum Gasteiger partial charge on any atom is -0.494 e. The number of hydrogen-bond donors (Lipinski definition) is 2. The molecule has 0 bridgehead atoms. The molecule has 0 aliphatic carbocycles. The van der Waals surface area contributed by atoms with Crippen molar-refractivity contribution in [1.29, 1.82) is 0 Å². The van der Waals surface area contributed by atoms with Crippen LogP contribution in [0.4, 0.5) is 5.69 Å². The van der Waals surface area contributed by atoms with Gasteiger partial charge in [0.1, 0.15) is 5.75 Å². The largest absolute Gasteiger partial charge is 0.494 e. The molecule has 2 rings (SSSR count). The van der Waals surface area contributed by atoms with E-state index in [0.29, 0.717) is 29.2 Å². The third-order valence-corrected chi connectivity index (χ3v) is 4.98. The fraction of sp³-hybridized carbons (Fsp3) is 0.316. The van der Waals surface area contributed by atoms with Crippen LogP contribution >= 0.6 is 0 Å². The van der Waals surface area contributed by atoms with Gasteiger partial charge in [0.25, 0.3) is 15.9 Å². The first-order valence-corrected chi connectivity index (χ1v) is 9.88. The van der Waals surface area contributed by atoms with E-state index in [1.165, 1.54) is 12.1 Å². The predicted octanol–water partition coefficient (Wildman–Crippen LogP) is 3.33. The van der Waals surface area contributed by atoms with E-state index in [1.54, 1.807) is 37.3 Å². The highest BCUT2D eigenvalue weighted by atomic mass is 32.2. The van der Waals surface area contributed by atoms with E-state index < -0.39 is 10.0 Å². The Hall–Kier alpha value is -2.54. The number of nitrogens with one attached hydrogen (secondary N) is 2. The van der Waals surface area contributed by atoms with E-state index in [-0.39, 0.29) is 16.8 Å². The molecule has 2 N–H and O–H groups in total. The van der Waals surface area contributed by atoms with Crippen LogP contribution in [-0.4, -0.2) is 27.0 Å². The fourth-order valence-corrected chi connectivity index (χ4v) is 3.44. The summed E-state index contributed by atoms with van der Waals surface area (Å²) in [6, 6.07) is 11.1. The number of ether oxygens (including phenoxy) is 1. The molecule has 0 saturated carbocycles. The van der Waals surface area contributed by atoms with E-state index in [2.05, 4.69) is 10.0 Å². The highest BCUT2D eigenvalue weighted by molar-refractivity contribution is 7.92. The number of carbonyl (C=O) groups is 1. The van der Waals surface area contributed by atoms with Crippen LogP contribution in [0.1, 0.15) is 36.7 Å². The van der Waals surface area contributed by atoms with Gasteiger partial charge in [-0.3, -0.25) is 9.52 Å². The molecule has 0 aromatic heterocycles. The molecule has 0 radical (unpaired) electrons. The van der Waals surface area contributed by atoms with Gasteiger partial charge >= 0.3 is 0 Å². The van der Waals surface area contributed by atoms with Gasteiger partial charge in [0.05, 0.1) is 11.5 Å². The van der Waals surface area contributed by atoms with Gasteiger partial charge in [0.2, 0.25) is 0 Å². The van der Waals surface area contributed by atoms with E-state index >= 15 is 0 Å². The van der Waals surface area contributed by atoms with Crippen molar-refractivity contribution in [2.45, 2.75) is 38.6 Å². The fourth-order valence-electron chi connectivity index (χ4n) is 2.35. The van der Waals surface area contributed by atoms with E-state index in [9.17, 15) is 13.2 Å². The molecule has 0 spiro atoms. The molecule has 1 amide bonds. The smallest absolute Gasteiger partial charge is 0.261 e. The molecule has 0 aliphatic rings. The Morgan fingerprint density at radius 2 is 1.77 bits per heavy atom. The molecule has 6 nitrogen and oxygen atoms in total. The summed E-state index contributed by atoms with van der Waals surface area (Å²) in [7, 11) is -3.81. The highest BCUT2D eigenvalue weighted by Crippen LogP contribution is 2.21. The SMILES string of the molecule is CCOc1ccc(NS(=O)(=O)c2ccc(C)c(C(=O)NC(C)C)c2)cc1. The minimum atomic E-state index is -3.81. The number of hydrogen-bond acceptors (Lipinski definition) is 4. The van der Waals surface area contributed by atoms with Crippen molar-refractivity contribution in [1.82, 2.24) is 5.32 Å². The molecule has 26 heavy (non-hydrogen) atoms. The molecular formula is C19H24N2O4S. The Labute approximate surface area is 154 Å². The highest BCUT2D eigenvalue weighted by Gasteiger charge is 2.18. The molecule has 0 atom stereocenters. The first-order chi connectivity index (χ1) is 12.2. The zero-order valence-corrected chi connectivity index (χ0v) is 16.2. The van der Waals surface area contributed by atoms with Gasteiger partial charge in [-0.15, -0.1) is 0 Å². The van der Waals surface area contributed by atoms with Crippen LogP contribution in [-0.2, 0) is 10.0 Å². The number of aryl methyl sites for hydroxylation is 1. The van der Waals surface area contributed by atoms with Gasteiger partial charge in [0.15, 0.2) is 0 Å². The van der Waals surface area contributed by atoms with Crippen molar-refractivity contribution in [2.75, 3.05) is 11.3 Å². The summed E-state index contributed by atoms with van der Waals surface area (Å²) < 4.78 is 33.1. The summed E-state index contributed by atoms with van der Waals surface area (Å²) in [5, 5.41) is 2.78. The third kappa shape index (κ3) is 4.98. The topological polar surface area (TPSA) is 84.5 Å². The maximum absolute atomic E-state index is 12.6. The van der Waals surface area contributed by atoms with Crippen LogP contribution in [0, 0.1) is 6.92 Å². The summed E-state index contributed by atoms with van der Waals surface area (Å²) in [5.74, 6) is 0.369. The molecule has 0 unspecified atom stereocenters. The van der Waals surface area contributed by atoms with Crippen molar-refractivity contribution in [3.8, 4) is 5.75 Å². The third-order valence-electron chi connectivity index (χ3n) is 3.60. The average Bonchev–Trinajstić information content (AvgIpc) is 2.56. The maximum Gasteiger partial charge on any atom is 0.261 e. The molecule has 2 aromatic carbocycles. The number of carbonyl (C=O) groups excluding carboxylic acids is 1. The van der Waals surface area contributed by atoms with Crippen LogP contribution in [0.2, 0.25) is 0 Å². The van der Waals surface area contributed by atoms with Gasteiger partial charge < -0.3 is 10.1 Å². The summed E-state index contributed by atoms with van der Waals surface area (Å²) in [6.45, 7) is 7.88. The Kier molecular flexibility index (Phi) is 6.26. The lowest BCUT2D eigenvalue weighted by Crippen LogP contribution is -2.30. The van der Waals surface area contributed by atoms with Crippen LogP contribution in [0.25, 0.3) is 0 Å². The van der Waals surface area contributed by atoms with E-state index in [0.717, 1.165) is 0 Å². The van der Waals surface area contributed by atoms with E-state index in [1.807, 2.05) is 20.8 Å². The van der Waals surface area contributed by atoms with Crippen LogP contribution < -0.4 is 14.8 Å². The van der Waals surface area contributed by atoms with E-state index in [4.69, 9.17) is 4.74 Å². The zero-order chi connectivity index (χ0) is 19.3. The van der Waals surface area contributed by atoms with Crippen LogP contribution in [0.3, 0.4) is 0 Å². The second kappa shape index (κ2) is 8.23. The first-order valence-electron chi connectivity index (χ1n) is 8.40. The van der Waals surface area contributed by atoms with Crippen molar-refractivity contribution in [3.63, 3.8) is 0 Å². The van der Waals surface area contributed by atoms with Gasteiger partial charge in [-0.1, -0.05) is 6.07 Å². The number of amides is 1. The van der Waals surface area contributed by atoms with Gasteiger partial charge in [-0.2, -0.15) is 0 Å². The number of rotatable bonds is 7. The Bertz CT molecular complexity index is 875. The normalized spacial score (nSPS) is 11.3. The standard InChI is InChI=1S/C19H24N2O4S/c1-5-25-16-9-7-15(8-10-16)21-26(23,24)17-11-6-14(4)18(12-17)19(22)20-13(2)3/h6-13,21H,5H2,1-4H3,(H,20,22). The Balaban J connectivity index is 2.26. The molecule has 2 aromatic rings. The molecule has 0 heterocycles. The summed E-state index contributed by atoms with van der Waals surface area (Å²) in [6.07, 6.45) is 0. The van der Waals surface area contributed by atoms with Crippen molar-refractivity contribution in [2.24, 2.45) is 0 Å². The quantitative estimate of drug-likeness (QED) is 0.776. The number of anilines is 1. The monoisotopic (exact) mass is 376 g/mol. The summed E-state index contributed by atoms with van der Waals surface area (Å²) in [4.78, 5) is 12.3. The van der Waals surface area contributed by atoms with Crippen LogP contribution in [0.15, 0.2) is 47.4 Å². The second-order valence-corrected chi connectivity index (χ2v) is 7.85. The lowest BCUT2D eigenvalue weighted by atomic mass is 10.1. The van der Waals surface area contributed by atoms with Crippen molar-refractivity contribution >= 4 is 21.6 Å². The molecule has 0 fully saturated rings. The van der Waals surface area contributed by atoms with Crippen molar-refractivity contribution < 1.29 is 17.9 Å². The minimum absolute atomic E-state index is 0.0332. The molecule has 0 aliphatic heterocycles. The average molecular weight is 376 g/mol. The molecule has 140 valence electrons. The Morgan fingerprint density at radius 3 is 2.35 bits per heavy atom. The zero-order valence-electron chi connectivity index (χ0n) is 15.4.